The minimum atomic E-state index is -3.78. The number of sulfone groups is 1. The van der Waals surface area contributed by atoms with Crippen LogP contribution in [0.3, 0.4) is 0 Å². The topological polar surface area (TPSA) is 106 Å². The molecule has 0 aromatic heterocycles. The van der Waals surface area contributed by atoms with E-state index in [1.165, 1.54) is 6.07 Å². The predicted molar refractivity (Wildman–Crippen MR) is 99.3 cm³/mol. The monoisotopic (exact) mass is 376 g/mol. The third-order valence-corrected chi connectivity index (χ3v) is 4.94. The fraction of sp³-hybridized carbons (Fsp3) is 0.278. The number of para-hydroxylation sites is 1. The van der Waals surface area contributed by atoms with Gasteiger partial charge < -0.3 is 5.32 Å². The first-order valence-electron chi connectivity index (χ1n) is 7.80. The number of hydrogen-bond acceptors (Lipinski definition) is 5. The molecule has 2 rings (SSSR count). The van der Waals surface area contributed by atoms with Gasteiger partial charge in [-0.05, 0) is 29.2 Å². The lowest BCUT2D eigenvalue weighted by molar-refractivity contribution is -0.387. The molecule has 0 bridgehead atoms. The largest absolute Gasteiger partial charge is 0.322 e. The zero-order valence-corrected chi connectivity index (χ0v) is 15.8. The normalized spacial score (nSPS) is 11.8. The molecule has 0 saturated heterocycles. The van der Waals surface area contributed by atoms with E-state index in [0.717, 1.165) is 24.0 Å². The number of nitro benzene ring substituents is 1. The maximum Gasteiger partial charge on any atom is 0.288 e. The van der Waals surface area contributed by atoms with Crippen LogP contribution in [0.5, 0.6) is 0 Å². The Hall–Kier alpha value is -2.74. The van der Waals surface area contributed by atoms with Gasteiger partial charge in [0.05, 0.1) is 4.92 Å². The zero-order valence-electron chi connectivity index (χ0n) is 14.9. The second-order valence-corrected chi connectivity index (χ2v) is 8.95. The number of nitrogens with zero attached hydrogens (tertiary/aromatic N) is 1. The molecule has 7 nitrogen and oxygen atoms in total. The molecule has 0 aliphatic carbocycles. The fourth-order valence-corrected chi connectivity index (χ4v) is 3.38. The number of hydrogen-bond donors (Lipinski definition) is 1. The first-order chi connectivity index (χ1) is 11.9. The van der Waals surface area contributed by atoms with Crippen molar-refractivity contribution in [3.8, 4) is 0 Å². The molecular formula is C18H20N2O5S. The van der Waals surface area contributed by atoms with E-state index in [0.29, 0.717) is 5.69 Å². The van der Waals surface area contributed by atoms with E-state index in [-0.39, 0.29) is 11.0 Å². The molecule has 0 heterocycles. The van der Waals surface area contributed by atoms with Gasteiger partial charge in [0.25, 0.3) is 11.6 Å². The summed E-state index contributed by atoms with van der Waals surface area (Å²) >= 11 is 0. The van der Waals surface area contributed by atoms with E-state index in [1.54, 1.807) is 12.1 Å². The fourth-order valence-electron chi connectivity index (χ4n) is 2.56. The van der Waals surface area contributed by atoms with Crippen molar-refractivity contribution < 1.29 is 18.1 Å². The van der Waals surface area contributed by atoms with Crippen LogP contribution in [-0.4, -0.2) is 25.5 Å². The van der Waals surface area contributed by atoms with Crippen LogP contribution < -0.4 is 5.32 Å². The number of nitrogens with one attached hydrogen (secondary N) is 1. The highest BCUT2D eigenvalue weighted by Gasteiger charge is 2.25. The summed E-state index contributed by atoms with van der Waals surface area (Å²) in [6.07, 6.45) is 0.884. The summed E-state index contributed by atoms with van der Waals surface area (Å²) < 4.78 is 23.4. The Morgan fingerprint density at radius 2 is 1.73 bits per heavy atom. The van der Waals surface area contributed by atoms with E-state index in [9.17, 15) is 23.3 Å². The predicted octanol–water partition coefficient (Wildman–Crippen LogP) is 3.55. The molecular weight excluding hydrogens is 356 g/mol. The summed E-state index contributed by atoms with van der Waals surface area (Å²) in [5, 5.41) is 13.9. The van der Waals surface area contributed by atoms with Gasteiger partial charge in [0, 0.05) is 23.6 Å². The number of nitro groups is 1. The molecule has 0 atom stereocenters. The number of amides is 1. The second kappa shape index (κ2) is 6.87. The van der Waals surface area contributed by atoms with Crippen LogP contribution in [0.1, 0.15) is 36.7 Å². The summed E-state index contributed by atoms with van der Waals surface area (Å²) in [5.41, 5.74) is 0.684. The van der Waals surface area contributed by atoms with Crippen molar-refractivity contribution in [1.82, 2.24) is 0 Å². The Morgan fingerprint density at radius 1 is 1.12 bits per heavy atom. The van der Waals surface area contributed by atoms with Crippen LogP contribution in [0, 0.1) is 10.1 Å². The van der Waals surface area contributed by atoms with Crippen molar-refractivity contribution in [1.29, 1.82) is 0 Å². The number of anilines is 1. The zero-order chi connectivity index (χ0) is 19.7. The van der Waals surface area contributed by atoms with E-state index in [4.69, 9.17) is 0 Å². The van der Waals surface area contributed by atoms with Crippen LogP contribution >= 0.6 is 0 Å². The van der Waals surface area contributed by atoms with Gasteiger partial charge in [-0.15, -0.1) is 0 Å². The second-order valence-electron chi connectivity index (χ2n) is 6.96. The molecule has 1 N–H and O–H groups in total. The molecule has 0 fully saturated rings. The number of carbonyl (C=O) groups is 1. The number of benzene rings is 2. The van der Waals surface area contributed by atoms with Crippen LogP contribution in [0.15, 0.2) is 47.4 Å². The minimum Gasteiger partial charge on any atom is -0.322 e. The lowest BCUT2D eigenvalue weighted by atomic mass is 9.86. The summed E-state index contributed by atoms with van der Waals surface area (Å²) in [6, 6.07) is 10.6. The van der Waals surface area contributed by atoms with Crippen molar-refractivity contribution >= 4 is 27.1 Å². The molecule has 2 aromatic rings. The van der Waals surface area contributed by atoms with Crippen LogP contribution in [0.25, 0.3) is 0 Å². The van der Waals surface area contributed by atoms with Crippen molar-refractivity contribution in [3.63, 3.8) is 0 Å². The molecule has 2 aromatic carbocycles. The maximum absolute atomic E-state index is 12.5. The molecule has 26 heavy (non-hydrogen) atoms. The van der Waals surface area contributed by atoms with E-state index in [1.807, 2.05) is 32.9 Å². The highest BCUT2D eigenvalue weighted by Crippen LogP contribution is 2.30. The van der Waals surface area contributed by atoms with Gasteiger partial charge >= 0.3 is 0 Å². The molecule has 0 spiro atoms. The first-order valence-corrected chi connectivity index (χ1v) is 9.70. The molecule has 138 valence electrons. The van der Waals surface area contributed by atoms with Gasteiger partial charge in [0.2, 0.25) is 0 Å². The van der Waals surface area contributed by atoms with Gasteiger partial charge in [-0.25, -0.2) is 8.42 Å². The lowest BCUT2D eigenvalue weighted by Gasteiger charge is -2.23. The van der Waals surface area contributed by atoms with E-state index < -0.39 is 31.3 Å². The number of rotatable bonds is 4. The Morgan fingerprint density at radius 3 is 2.27 bits per heavy atom. The van der Waals surface area contributed by atoms with Gasteiger partial charge in [-0.1, -0.05) is 39.0 Å². The maximum atomic E-state index is 12.5. The Balaban J connectivity index is 2.44. The van der Waals surface area contributed by atoms with Gasteiger partial charge in [-0.2, -0.15) is 0 Å². The van der Waals surface area contributed by atoms with E-state index >= 15 is 0 Å². The standard InChI is InChI=1S/C18H20N2O5S/c1-18(2,3)13-7-5-6-8-14(13)19-17(21)12-9-10-16(26(4,24)25)15(11-12)20(22)23/h5-11H,1-4H3,(H,19,21). The quantitative estimate of drug-likeness (QED) is 0.649. The molecule has 0 saturated carbocycles. The molecule has 1 amide bonds. The summed E-state index contributed by atoms with van der Waals surface area (Å²) in [4.78, 5) is 22.5. The molecule has 0 unspecified atom stereocenters. The summed E-state index contributed by atoms with van der Waals surface area (Å²) in [6.45, 7) is 6.01. The average Bonchev–Trinajstić information content (AvgIpc) is 2.52. The van der Waals surface area contributed by atoms with E-state index in [2.05, 4.69) is 5.32 Å². The molecule has 0 aliphatic rings. The highest BCUT2D eigenvalue weighted by molar-refractivity contribution is 7.90. The lowest BCUT2D eigenvalue weighted by Crippen LogP contribution is -2.19. The summed E-state index contributed by atoms with van der Waals surface area (Å²) in [7, 11) is -3.78. The van der Waals surface area contributed by atoms with Crippen molar-refractivity contribution in [2.75, 3.05) is 11.6 Å². The SMILES string of the molecule is CC(C)(C)c1ccccc1NC(=O)c1ccc(S(C)(=O)=O)c([N+](=O)[O-])c1. The number of carbonyl (C=O) groups excluding carboxylic acids is 1. The van der Waals surface area contributed by atoms with Crippen molar-refractivity contribution in [2.45, 2.75) is 31.1 Å². The third kappa shape index (κ3) is 4.26. The van der Waals surface area contributed by atoms with Crippen LogP contribution in [0.4, 0.5) is 11.4 Å². The van der Waals surface area contributed by atoms with Crippen molar-refractivity contribution in [3.05, 3.63) is 63.7 Å². The van der Waals surface area contributed by atoms with Crippen molar-refractivity contribution in [2.24, 2.45) is 0 Å². The molecule has 8 heteroatoms. The minimum absolute atomic E-state index is 0.00723. The molecule has 0 radical (unpaired) electrons. The Labute approximate surface area is 152 Å². The average molecular weight is 376 g/mol. The van der Waals surface area contributed by atoms with Crippen LogP contribution in [0.2, 0.25) is 0 Å². The van der Waals surface area contributed by atoms with Crippen LogP contribution in [-0.2, 0) is 15.3 Å². The summed E-state index contributed by atoms with van der Waals surface area (Å²) in [5.74, 6) is -0.551. The highest BCUT2D eigenvalue weighted by atomic mass is 32.2. The van der Waals surface area contributed by atoms with Gasteiger partial charge in [0.15, 0.2) is 9.84 Å². The smallest absolute Gasteiger partial charge is 0.288 e. The van der Waals surface area contributed by atoms with Gasteiger partial charge in [0.1, 0.15) is 4.90 Å². The Bertz CT molecular complexity index is 975. The third-order valence-electron chi connectivity index (χ3n) is 3.80. The molecule has 0 aliphatic heterocycles. The Kier molecular flexibility index (Phi) is 5.18. The first kappa shape index (κ1) is 19.6. The van der Waals surface area contributed by atoms with Gasteiger partial charge in [-0.3, -0.25) is 14.9 Å².